The average molecular weight is 310 g/mol. The number of H-pyrrole nitrogens is 1. The summed E-state index contributed by atoms with van der Waals surface area (Å²) in [5.74, 6) is 0.920. The van der Waals surface area contributed by atoms with Gasteiger partial charge in [-0.2, -0.15) is 0 Å². The number of nitrogens with zero attached hydrogens (tertiary/aromatic N) is 1. The van der Waals surface area contributed by atoms with Crippen molar-refractivity contribution < 1.29 is 4.74 Å². The summed E-state index contributed by atoms with van der Waals surface area (Å²) in [5.41, 5.74) is 9.11. The van der Waals surface area contributed by atoms with Crippen LogP contribution >= 0.6 is 15.9 Å². The first kappa shape index (κ1) is 12.1. The molecule has 4 nitrogen and oxygen atoms in total. The number of aryl methyl sites for hydroxylation is 1. The van der Waals surface area contributed by atoms with Crippen molar-refractivity contribution in [3.63, 3.8) is 0 Å². The van der Waals surface area contributed by atoms with Gasteiger partial charge in [0.2, 0.25) is 0 Å². The van der Waals surface area contributed by atoms with E-state index in [0.29, 0.717) is 13.2 Å². The van der Waals surface area contributed by atoms with Crippen LogP contribution in [0.4, 0.5) is 0 Å². The lowest BCUT2D eigenvalue weighted by atomic mass is 9.85. The van der Waals surface area contributed by atoms with Gasteiger partial charge in [0.05, 0.1) is 29.7 Å². The number of ether oxygens (including phenoxy) is 1. The predicted octanol–water partition coefficient (Wildman–Crippen LogP) is 2.25. The summed E-state index contributed by atoms with van der Waals surface area (Å²) in [6, 6.07) is 4.10. The summed E-state index contributed by atoms with van der Waals surface area (Å²) in [4.78, 5) is 8.11. The molecule has 0 bridgehead atoms. The predicted molar refractivity (Wildman–Crippen MR) is 74.7 cm³/mol. The number of rotatable bonds is 1. The van der Waals surface area contributed by atoms with E-state index in [9.17, 15) is 0 Å². The fraction of sp³-hybridized carbons (Fsp3) is 0.462. The second-order valence-corrected chi connectivity index (χ2v) is 6.16. The van der Waals surface area contributed by atoms with E-state index < -0.39 is 0 Å². The molecule has 1 aliphatic heterocycles. The Balaban J connectivity index is 2.17. The largest absolute Gasteiger partial charge is 0.379 e. The Morgan fingerprint density at radius 1 is 1.56 bits per heavy atom. The van der Waals surface area contributed by atoms with E-state index in [0.717, 1.165) is 26.9 Å². The van der Waals surface area contributed by atoms with Crippen molar-refractivity contribution in [2.45, 2.75) is 25.3 Å². The first-order chi connectivity index (χ1) is 8.50. The third-order valence-electron chi connectivity index (χ3n) is 3.80. The number of aromatic nitrogens is 2. The fourth-order valence-corrected chi connectivity index (χ4v) is 3.02. The molecule has 3 rings (SSSR count). The molecule has 3 N–H and O–H groups in total. The van der Waals surface area contributed by atoms with Crippen molar-refractivity contribution in [3.05, 3.63) is 28.0 Å². The Morgan fingerprint density at radius 3 is 3.00 bits per heavy atom. The number of nitrogens with two attached hydrogens (primary N) is 1. The molecule has 1 fully saturated rings. The highest BCUT2D eigenvalue weighted by molar-refractivity contribution is 9.10. The molecule has 1 aliphatic rings. The Morgan fingerprint density at radius 2 is 2.33 bits per heavy atom. The zero-order chi connectivity index (χ0) is 12.9. The lowest BCUT2D eigenvalue weighted by molar-refractivity contribution is 0.178. The number of nitrogens with one attached hydrogen (secondary N) is 1. The maximum atomic E-state index is 6.14. The average Bonchev–Trinajstić information content (AvgIpc) is 2.85. The van der Waals surface area contributed by atoms with Crippen LogP contribution in [0.3, 0.4) is 0 Å². The van der Waals surface area contributed by atoms with E-state index in [-0.39, 0.29) is 11.5 Å². The van der Waals surface area contributed by atoms with Gasteiger partial charge >= 0.3 is 0 Å². The zero-order valence-electron chi connectivity index (χ0n) is 10.5. The Labute approximate surface area is 114 Å². The van der Waals surface area contributed by atoms with Gasteiger partial charge < -0.3 is 15.5 Å². The van der Waals surface area contributed by atoms with Gasteiger partial charge in [-0.1, -0.05) is 15.9 Å². The van der Waals surface area contributed by atoms with Crippen molar-refractivity contribution in [3.8, 4) is 0 Å². The molecule has 2 heterocycles. The van der Waals surface area contributed by atoms with E-state index in [1.165, 1.54) is 0 Å². The minimum Gasteiger partial charge on any atom is -0.379 e. The smallest absolute Gasteiger partial charge is 0.117 e. The molecule has 0 amide bonds. The molecule has 2 aromatic rings. The maximum Gasteiger partial charge on any atom is 0.117 e. The molecule has 0 saturated carbocycles. The van der Waals surface area contributed by atoms with Gasteiger partial charge in [-0.05, 0) is 31.5 Å². The van der Waals surface area contributed by atoms with Gasteiger partial charge in [-0.15, -0.1) is 0 Å². The SMILES string of the molecule is Cc1cc(Br)cc2[nH]c(C3(C)COCC3N)nc12. The Hall–Kier alpha value is -0.910. The third kappa shape index (κ3) is 1.69. The maximum absolute atomic E-state index is 6.14. The quantitative estimate of drug-likeness (QED) is 0.849. The van der Waals surface area contributed by atoms with Gasteiger partial charge in [0, 0.05) is 10.5 Å². The lowest BCUT2D eigenvalue weighted by Gasteiger charge is -2.23. The van der Waals surface area contributed by atoms with E-state index in [2.05, 4.69) is 40.8 Å². The van der Waals surface area contributed by atoms with Crippen molar-refractivity contribution in [1.82, 2.24) is 9.97 Å². The highest BCUT2D eigenvalue weighted by Gasteiger charge is 2.41. The molecule has 1 aromatic carbocycles. The molecule has 5 heteroatoms. The number of hydrogen-bond acceptors (Lipinski definition) is 3. The van der Waals surface area contributed by atoms with Crippen LogP contribution in [0.1, 0.15) is 18.3 Å². The Bertz CT molecular complexity index is 610. The van der Waals surface area contributed by atoms with E-state index in [4.69, 9.17) is 15.5 Å². The molecule has 1 saturated heterocycles. The number of benzene rings is 1. The van der Waals surface area contributed by atoms with Gasteiger partial charge in [-0.25, -0.2) is 4.98 Å². The summed E-state index contributed by atoms with van der Waals surface area (Å²) >= 11 is 3.50. The van der Waals surface area contributed by atoms with Crippen LogP contribution in [0.2, 0.25) is 0 Å². The molecule has 0 aliphatic carbocycles. The van der Waals surface area contributed by atoms with Crippen LogP contribution in [0, 0.1) is 6.92 Å². The summed E-state index contributed by atoms with van der Waals surface area (Å²) in [6.07, 6.45) is 0. The molecule has 0 radical (unpaired) electrons. The van der Waals surface area contributed by atoms with Crippen LogP contribution in [0.25, 0.3) is 11.0 Å². The second-order valence-electron chi connectivity index (χ2n) is 5.24. The summed E-state index contributed by atoms with van der Waals surface area (Å²) in [7, 11) is 0. The first-order valence-electron chi connectivity index (χ1n) is 6.00. The van der Waals surface area contributed by atoms with Crippen molar-refractivity contribution in [1.29, 1.82) is 0 Å². The number of hydrogen-bond donors (Lipinski definition) is 2. The van der Waals surface area contributed by atoms with Crippen LogP contribution in [0.5, 0.6) is 0 Å². The zero-order valence-corrected chi connectivity index (χ0v) is 12.0. The highest BCUT2D eigenvalue weighted by atomic mass is 79.9. The number of fused-ring (bicyclic) bond motifs is 1. The van der Waals surface area contributed by atoms with Crippen LogP contribution in [-0.2, 0) is 10.2 Å². The Kier molecular flexibility index (Phi) is 2.73. The van der Waals surface area contributed by atoms with Gasteiger partial charge in [0.1, 0.15) is 5.82 Å². The minimum absolute atomic E-state index is 0.0122. The third-order valence-corrected chi connectivity index (χ3v) is 4.26. The summed E-state index contributed by atoms with van der Waals surface area (Å²) in [6.45, 7) is 5.38. The topological polar surface area (TPSA) is 63.9 Å². The van der Waals surface area contributed by atoms with E-state index in [1.807, 2.05) is 6.07 Å². The standard InChI is InChI=1S/C13H16BrN3O/c1-7-3-8(14)4-9-11(7)17-12(16-9)13(2)6-18-5-10(13)15/h3-4,10H,5-6,15H2,1-2H3,(H,16,17). The molecule has 1 aromatic heterocycles. The van der Waals surface area contributed by atoms with Gasteiger partial charge in [0.25, 0.3) is 0 Å². The lowest BCUT2D eigenvalue weighted by Crippen LogP contribution is -2.42. The minimum atomic E-state index is -0.224. The number of halogens is 1. The van der Waals surface area contributed by atoms with Crippen LogP contribution in [0.15, 0.2) is 16.6 Å². The van der Waals surface area contributed by atoms with Gasteiger partial charge in [-0.3, -0.25) is 0 Å². The number of imidazole rings is 1. The van der Waals surface area contributed by atoms with Crippen molar-refractivity contribution in [2.24, 2.45) is 5.73 Å². The highest BCUT2D eigenvalue weighted by Crippen LogP contribution is 2.32. The molecular weight excluding hydrogens is 294 g/mol. The molecule has 96 valence electrons. The summed E-state index contributed by atoms with van der Waals surface area (Å²) in [5, 5.41) is 0. The summed E-state index contributed by atoms with van der Waals surface area (Å²) < 4.78 is 6.54. The molecular formula is C13H16BrN3O. The fourth-order valence-electron chi connectivity index (χ4n) is 2.45. The van der Waals surface area contributed by atoms with Crippen LogP contribution in [-0.4, -0.2) is 29.2 Å². The monoisotopic (exact) mass is 309 g/mol. The normalized spacial score (nSPS) is 28.1. The van der Waals surface area contributed by atoms with Gasteiger partial charge in [0.15, 0.2) is 0 Å². The van der Waals surface area contributed by atoms with E-state index in [1.54, 1.807) is 0 Å². The first-order valence-corrected chi connectivity index (χ1v) is 6.80. The molecule has 2 atom stereocenters. The molecule has 2 unspecified atom stereocenters. The van der Waals surface area contributed by atoms with Crippen molar-refractivity contribution in [2.75, 3.05) is 13.2 Å². The van der Waals surface area contributed by atoms with Crippen LogP contribution < -0.4 is 5.73 Å². The van der Waals surface area contributed by atoms with Crippen molar-refractivity contribution >= 4 is 27.0 Å². The second kappa shape index (κ2) is 4.05. The molecule has 18 heavy (non-hydrogen) atoms. The number of aromatic amines is 1. The molecule has 0 spiro atoms. The van der Waals surface area contributed by atoms with E-state index >= 15 is 0 Å².